The Balaban J connectivity index is 0.717. The van der Waals surface area contributed by atoms with E-state index >= 15 is 0 Å². The summed E-state index contributed by atoms with van der Waals surface area (Å²) in [4.78, 5) is 64.3. The minimum atomic E-state index is -0.655. The van der Waals surface area contributed by atoms with Crippen molar-refractivity contribution >= 4 is 29.8 Å². The first kappa shape index (κ1) is 63.7. The summed E-state index contributed by atoms with van der Waals surface area (Å²) in [6.45, 7) is 6.78. The number of benzene rings is 7. The van der Waals surface area contributed by atoms with Gasteiger partial charge in [-0.25, -0.2) is 24.0 Å². The first-order valence-electron chi connectivity index (χ1n) is 29.9. The van der Waals surface area contributed by atoms with E-state index in [0.29, 0.717) is 66.1 Å². The van der Waals surface area contributed by atoms with Crippen LogP contribution in [0.1, 0.15) is 181 Å². The number of hydrogen-bond donors (Lipinski definition) is 0. The fraction of sp³-hybridized carbons (Fsp3) is 0.338. The SMILES string of the molecule is CCCCCCCCCCCCOc1ccc(C(=O)Oc2ccc(OC(=O)c3ccc(OC(=O)c4ccc(OC(=O)c5ccc(OCCCCCCOc6ccc(OC(=O)c7ccc(OCCCCCC)cc7)cc6)cc5)cc4)cc3)cc2)cc1. The molecule has 14 heteroatoms. The summed E-state index contributed by atoms with van der Waals surface area (Å²) in [5.41, 5.74) is 1.58. The van der Waals surface area contributed by atoms with Crippen LogP contribution in [0.3, 0.4) is 0 Å². The molecular weight excluding hydrogens is 1080 g/mol. The van der Waals surface area contributed by atoms with Gasteiger partial charge in [0.25, 0.3) is 0 Å². The van der Waals surface area contributed by atoms with E-state index in [4.69, 9.17) is 42.6 Å². The largest absolute Gasteiger partial charge is 0.494 e. The molecule has 7 aromatic carbocycles. The van der Waals surface area contributed by atoms with Crippen molar-refractivity contribution < 1.29 is 66.6 Å². The molecule has 0 saturated heterocycles. The minimum Gasteiger partial charge on any atom is -0.494 e. The molecule has 0 amide bonds. The Bertz CT molecular complexity index is 3100. The van der Waals surface area contributed by atoms with Crippen molar-refractivity contribution in [3.63, 3.8) is 0 Å². The van der Waals surface area contributed by atoms with Crippen LogP contribution in [-0.4, -0.2) is 56.3 Å². The van der Waals surface area contributed by atoms with Crippen LogP contribution in [0.15, 0.2) is 170 Å². The molecule has 0 bridgehead atoms. The van der Waals surface area contributed by atoms with E-state index in [1.54, 1.807) is 97.1 Å². The zero-order valence-corrected chi connectivity index (χ0v) is 48.9. The van der Waals surface area contributed by atoms with Crippen LogP contribution >= 0.6 is 0 Å². The molecule has 7 aromatic rings. The number of carbonyl (C=O) groups is 5. The maximum atomic E-state index is 13.0. The molecule has 0 saturated carbocycles. The Labute approximate surface area is 499 Å². The van der Waals surface area contributed by atoms with Crippen LogP contribution in [0, 0.1) is 0 Å². The van der Waals surface area contributed by atoms with Gasteiger partial charge in [0.1, 0.15) is 51.7 Å². The standard InChI is InChI=1S/C71H78O14/c1-3-5-7-9-10-11-12-13-14-18-50-78-59-35-25-55(26-36-59)69(74)84-65-45-47-66(48-46-65)85-71(76)57-29-39-63(40-30-57)82-70(75)56-27-37-62(38-28-56)81-67(72)53-21-33-60(34-22-53)79-51-19-15-16-20-52-80-61-41-43-64(44-42-61)83-68(73)54-23-31-58(32-24-54)77-49-17-8-6-4-2/h21-48H,3-20,49-52H2,1-2H3. The Morgan fingerprint density at radius 3 is 0.576 bits per heavy atom. The van der Waals surface area contributed by atoms with Crippen molar-refractivity contribution in [2.75, 3.05) is 26.4 Å². The quantitative estimate of drug-likeness (QED) is 0.0205. The molecule has 0 aliphatic carbocycles. The van der Waals surface area contributed by atoms with Crippen molar-refractivity contribution in [3.05, 3.63) is 198 Å². The molecule has 446 valence electrons. The van der Waals surface area contributed by atoms with Gasteiger partial charge >= 0.3 is 29.8 Å². The molecule has 0 N–H and O–H groups in total. The van der Waals surface area contributed by atoms with E-state index in [2.05, 4.69) is 13.8 Å². The number of carbonyl (C=O) groups excluding carboxylic acids is 5. The maximum Gasteiger partial charge on any atom is 0.343 e. The predicted octanol–water partition coefficient (Wildman–Crippen LogP) is 17.1. The third kappa shape index (κ3) is 23.0. The molecule has 0 aliphatic heterocycles. The highest BCUT2D eigenvalue weighted by Crippen LogP contribution is 2.25. The van der Waals surface area contributed by atoms with Gasteiger partial charge in [-0.15, -0.1) is 0 Å². The van der Waals surface area contributed by atoms with E-state index in [-0.39, 0.29) is 34.1 Å². The lowest BCUT2D eigenvalue weighted by Crippen LogP contribution is -2.11. The predicted molar refractivity (Wildman–Crippen MR) is 326 cm³/mol. The molecule has 14 nitrogen and oxygen atoms in total. The summed E-state index contributed by atoms with van der Waals surface area (Å²) in [6.07, 6.45) is 20.7. The van der Waals surface area contributed by atoms with E-state index in [0.717, 1.165) is 57.1 Å². The zero-order chi connectivity index (χ0) is 59.7. The highest BCUT2D eigenvalue weighted by molar-refractivity contribution is 5.94. The Morgan fingerprint density at radius 1 is 0.212 bits per heavy atom. The summed E-state index contributed by atoms with van der Waals surface area (Å²) < 4.78 is 51.0. The minimum absolute atomic E-state index is 0.198. The van der Waals surface area contributed by atoms with E-state index in [9.17, 15) is 24.0 Å². The first-order chi connectivity index (χ1) is 41.6. The lowest BCUT2D eigenvalue weighted by Gasteiger charge is -2.09. The normalized spacial score (nSPS) is 10.8. The van der Waals surface area contributed by atoms with Gasteiger partial charge in [0.05, 0.1) is 54.2 Å². The highest BCUT2D eigenvalue weighted by atomic mass is 16.6. The van der Waals surface area contributed by atoms with Crippen molar-refractivity contribution in [2.45, 2.75) is 129 Å². The fourth-order valence-corrected chi connectivity index (χ4v) is 8.83. The third-order valence-electron chi connectivity index (χ3n) is 13.8. The zero-order valence-electron chi connectivity index (χ0n) is 48.9. The van der Waals surface area contributed by atoms with Gasteiger partial charge in [0, 0.05) is 0 Å². The molecule has 85 heavy (non-hydrogen) atoms. The number of ether oxygens (including phenoxy) is 9. The Morgan fingerprint density at radius 2 is 0.365 bits per heavy atom. The summed E-state index contributed by atoms with van der Waals surface area (Å²) in [7, 11) is 0. The molecule has 0 heterocycles. The van der Waals surface area contributed by atoms with Crippen molar-refractivity contribution in [1.82, 2.24) is 0 Å². The molecule has 0 unspecified atom stereocenters. The second-order valence-electron chi connectivity index (χ2n) is 20.6. The summed E-state index contributed by atoms with van der Waals surface area (Å²) in [5.74, 6) is 1.30. The molecular formula is C71H78O14. The molecule has 0 atom stereocenters. The van der Waals surface area contributed by atoms with Crippen LogP contribution in [-0.2, 0) is 0 Å². The van der Waals surface area contributed by atoms with Crippen LogP contribution in [0.2, 0.25) is 0 Å². The topological polar surface area (TPSA) is 168 Å². The van der Waals surface area contributed by atoms with Crippen molar-refractivity contribution in [3.8, 4) is 51.7 Å². The first-order valence-corrected chi connectivity index (χ1v) is 29.9. The van der Waals surface area contributed by atoms with Crippen LogP contribution in [0.25, 0.3) is 0 Å². The molecule has 0 aliphatic rings. The lowest BCUT2D eigenvalue weighted by atomic mass is 10.1. The summed E-state index contributed by atoms with van der Waals surface area (Å²) in [6, 6.07) is 45.5. The monoisotopic (exact) mass is 1150 g/mol. The average molecular weight is 1160 g/mol. The van der Waals surface area contributed by atoms with E-state index in [1.165, 1.54) is 137 Å². The summed E-state index contributed by atoms with van der Waals surface area (Å²) >= 11 is 0. The van der Waals surface area contributed by atoms with E-state index < -0.39 is 29.8 Å². The Hall–Kier alpha value is -8.91. The fourth-order valence-electron chi connectivity index (χ4n) is 8.83. The highest BCUT2D eigenvalue weighted by Gasteiger charge is 2.16. The van der Waals surface area contributed by atoms with Gasteiger partial charge < -0.3 is 42.6 Å². The second-order valence-corrected chi connectivity index (χ2v) is 20.6. The van der Waals surface area contributed by atoms with Gasteiger partial charge in [-0.3, -0.25) is 0 Å². The van der Waals surface area contributed by atoms with Crippen LogP contribution in [0.5, 0.6) is 51.7 Å². The lowest BCUT2D eigenvalue weighted by molar-refractivity contribution is 0.0718. The van der Waals surface area contributed by atoms with Gasteiger partial charge in [0.2, 0.25) is 0 Å². The molecule has 0 radical (unpaired) electrons. The van der Waals surface area contributed by atoms with Crippen LogP contribution < -0.4 is 42.6 Å². The smallest absolute Gasteiger partial charge is 0.343 e. The number of esters is 5. The van der Waals surface area contributed by atoms with E-state index in [1.807, 2.05) is 0 Å². The van der Waals surface area contributed by atoms with Crippen molar-refractivity contribution in [1.29, 1.82) is 0 Å². The van der Waals surface area contributed by atoms with Gasteiger partial charge in [0.15, 0.2) is 0 Å². The molecule has 7 rings (SSSR count). The maximum absolute atomic E-state index is 13.0. The second kappa shape index (κ2) is 35.9. The molecule has 0 fully saturated rings. The number of rotatable bonds is 37. The number of hydrogen-bond acceptors (Lipinski definition) is 14. The number of unbranched alkanes of at least 4 members (excludes halogenated alkanes) is 15. The Kier molecular flexibility index (Phi) is 26.9. The van der Waals surface area contributed by atoms with Gasteiger partial charge in [-0.2, -0.15) is 0 Å². The summed E-state index contributed by atoms with van der Waals surface area (Å²) in [5, 5.41) is 0. The van der Waals surface area contributed by atoms with Gasteiger partial charge in [-0.1, -0.05) is 90.9 Å². The average Bonchev–Trinajstić information content (AvgIpc) is 3.70. The van der Waals surface area contributed by atoms with Crippen LogP contribution in [0.4, 0.5) is 0 Å². The third-order valence-corrected chi connectivity index (χ3v) is 13.8. The van der Waals surface area contributed by atoms with Gasteiger partial charge in [-0.05, 0) is 208 Å². The molecule has 0 spiro atoms. The van der Waals surface area contributed by atoms with Crippen molar-refractivity contribution in [2.24, 2.45) is 0 Å². The molecule has 0 aromatic heterocycles.